The van der Waals surface area contributed by atoms with Gasteiger partial charge in [0.25, 0.3) is 0 Å². The first kappa shape index (κ1) is 14.6. The van der Waals surface area contributed by atoms with E-state index in [4.69, 9.17) is 0 Å². The van der Waals surface area contributed by atoms with Crippen LogP contribution in [0.3, 0.4) is 0 Å². The van der Waals surface area contributed by atoms with E-state index < -0.39 is 0 Å². The van der Waals surface area contributed by atoms with Gasteiger partial charge in [-0.1, -0.05) is 47.7 Å². The molecule has 0 amide bonds. The zero-order chi connectivity index (χ0) is 15.5. The molecule has 112 valence electrons. The molecule has 0 bridgehead atoms. The molecule has 0 fully saturated rings. The number of hydrogen-bond donors (Lipinski definition) is 1. The highest BCUT2D eigenvalue weighted by molar-refractivity contribution is 7.18. The molecular formula is C18H19N3S. The summed E-state index contributed by atoms with van der Waals surface area (Å²) < 4.78 is 0. The standard InChI is InChI=1S/C18H19N3S/c1-13-15(10-7-11-16(13)21(2)3)20-18-19-12-17(22-18)14-8-5-4-6-9-14/h4-12H,1-3H3,(H,19,20). The molecule has 0 saturated carbocycles. The summed E-state index contributed by atoms with van der Waals surface area (Å²) in [6.07, 6.45) is 1.92. The van der Waals surface area contributed by atoms with Crippen LogP contribution >= 0.6 is 11.3 Å². The summed E-state index contributed by atoms with van der Waals surface area (Å²) in [4.78, 5) is 7.79. The maximum absolute atomic E-state index is 4.50. The number of rotatable bonds is 4. The van der Waals surface area contributed by atoms with Gasteiger partial charge in [0, 0.05) is 31.7 Å². The summed E-state index contributed by atoms with van der Waals surface area (Å²) in [7, 11) is 4.12. The average molecular weight is 309 g/mol. The van der Waals surface area contributed by atoms with Gasteiger partial charge >= 0.3 is 0 Å². The third kappa shape index (κ3) is 2.97. The summed E-state index contributed by atoms with van der Waals surface area (Å²) in [5, 5.41) is 4.35. The molecule has 3 aromatic rings. The second-order valence-corrected chi connectivity index (χ2v) is 6.40. The van der Waals surface area contributed by atoms with Gasteiger partial charge in [0.1, 0.15) is 0 Å². The van der Waals surface area contributed by atoms with Crippen LogP contribution in [0.25, 0.3) is 10.4 Å². The maximum atomic E-state index is 4.50. The predicted octanol–water partition coefficient (Wildman–Crippen LogP) is 4.93. The molecule has 1 aromatic heterocycles. The molecule has 0 saturated heterocycles. The second-order valence-electron chi connectivity index (χ2n) is 5.36. The Morgan fingerprint density at radius 3 is 2.50 bits per heavy atom. The topological polar surface area (TPSA) is 28.2 Å². The first-order valence-corrected chi connectivity index (χ1v) is 8.02. The Kier molecular flexibility index (Phi) is 4.11. The SMILES string of the molecule is Cc1c(Nc2ncc(-c3ccccc3)s2)cccc1N(C)C. The van der Waals surface area contributed by atoms with E-state index in [0.717, 1.165) is 10.8 Å². The lowest BCUT2D eigenvalue weighted by Crippen LogP contribution is -2.10. The Balaban J connectivity index is 1.86. The largest absolute Gasteiger partial charge is 0.377 e. The molecule has 0 aliphatic heterocycles. The number of hydrogen-bond acceptors (Lipinski definition) is 4. The molecule has 0 aliphatic carbocycles. The van der Waals surface area contributed by atoms with Crippen LogP contribution in [-0.4, -0.2) is 19.1 Å². The molecule has 0 unspecified atom stereocenters. The van der Waals surface area contributed by atoms with Crippen molar-refractivity contribution in [3.05, 3.63) is 60.3 Å². The summed E-state index contributed by atoms with van der Waals surface area (Å²) in [6.45, 7) is 2.13. The average Bonchev–Trinajstić information content (AvgIpc) is 2.98. The van der Waals surface area contributed by atoms with E-state index in [0.29, 0.717) is 0 Å². The van der Waals surface area contributed by atoms with Crippen molar-refractivity contribution < 1.29 is 0 Å². The summed E-state index contributed by atoms with van der Waals surface area (Å²) in [5.41, 5.74) is 4.74. The predicted molar refractivity (Wildman–Crippen MR) is 96.3 cm³/mol. The van der Waals surface area contributed by atoms with Crippen LogP contribution in [0.15, 0.2) is 54.7 Å². The molecule has 0 aliphatic rings. The Morgan fingerprint density at radius 1 is 1.00 bits per heavy atom. The van der Waals surface area contributed by atoms with Crippen molar-refractivity contribution in [3.63, 3.8) is 0 Å². The number of nitrogens with zero attached hydrogens (tertiary/aromatic N) is 2. The van der Waals surface area contributed by atoms with Crippen molar-refractivity contribution in [2.75, 3.05) is 24.3 Å². The molecule has 0 radical (unpaired) electrons. The molecule has 3 rings (SSSR count). The minimum absolute atomic E-state index is 0.915. The number of aromatic nitrogens is 1. The molecule has 3 nitrogen and oxygen atoms in total. The van der Waals surface area contributed by atoms with Crippen LogP contribution in [-0.2, 0) is 0 Å². The normalized spacial score (nSPS) is 10.5. The van der Waals surface area contributed by atoms with Gasteiger partial charge in [-0.15, -0.1) is 0 Å². The van der Waals surface area contributed by atoms with Crippen molar-refractivity contribution in [2.24, 2.45) is 0 Å². The van der Waals surface area contributed by atoms with E-state index in [2.05, 4.69) is 66.6 Å². The van der Waals surface area contributed by atoms with Gasteiger partial charge in [-0.05, 0) is 30.2 Å². The van der Waals surface area contributed by atoms with Gasteiger partial charge < -0.3 is 10.2 Å². The minimum atomic E-state index is 0.915. The number of thiazole rings is 1. The van der Waals surface area contributed by atoms with Gasteiger partial charge in [-0.25, -0.2) is 4.98 Å². The zero-order valence-electron chi connectivity index (χ0n) is 13.0. The highest BCUT2D eigenvalue weighted by Gasteiger charge is 2.08. The summed E-state index contributed by atoms with van der Waals surface area (Å²) in [5.74, 6) is 0. The second kappa shape index (κ2) is 6.20. The highest BCUT2D eigenvalue weighted by Crippen LogP contribution is 2.33. The number of nitrogens with one attached hydrogen (secondary N) is 1. The van der Waals surface area contributed by atoms with Crippen LogP contribution in [0.2, 0.25) is 0 Å². The molecule has 4 heteroatoms. The molecular weight excluding hydrogens is 290 g/mol. The van der Waals surface area contributed by atoms with Crippen LogP contribution in [0.1, 0.15) is 5.56 Å². The lowest BCUT2D eigenvalue weighted by Gasteiger charge is -2.18. The molecule has 0 spiro atoms. The van der Waals surface area contributed by atoms with E-state index in [1.54, 1.807) is 11.3 Å². The van der Waals surface area contributed by atoms with Crippen LogP contribution in [0.5, 0.6) is 0 Å². The molecule has 22 heavy (non-hydrogen) atoms. The van der Waals surface area contributed by atoms with Gasteiger partial charge in [0.15, 0.2) is 5.13 Å². The van der Waals surface area contributed by atoms with Gasteiger partial charge in [-0.2, -0.15) is 0 Å². The van der Waals surface area contributed by atoms with E-state index in [-0.39, 0.29) is 0 Å². The van der Waals surface area contributed by atoms with E-state index >= 15 is 0 Å². The molecule has 0 atom stereocenters. The summed E-state index contributed by atoms with van der Waals surface area (Å²) >= 11 is 1.67. The highest BCUT2D eigenvalue weighted by atomic mass is 32.1. The lowest BCUT2D eigenvalue weighted by atomic mass is 10.1. The number of benzene rings is 2. The van der Waals surface area contributed by atoms with Crippen LogP contribution < -0.4 is 10.2 Å². The van der Waals surface area contributed by atoms with E-state index in [9.17, 15) is 0 Å². The number of anilines is 3. The maximum Gasteiger partial charge on any atom is 0.187 e. The summed E-state index contributed by atoms with van der Waals surface area (Å²) in [6, 6.07) is 16.6. The first-order chi connectivity index (χ1) is 10.6. The van der Waals surface area contributed by atoms with Crippen molar-refractivity contribution in [3.8, 4) is 10.4 Å². The van der Waals surface area contributed by atoms with Gasteiger partial charge in [0.05, 0.1) is 4.88 Å². The third-order valence-electron chi connectivity index (χ3n) is 3.59. The van der Waals surface area contributed by atoms with Crippen molar-refractivity contribution >= 4 is 27.8 Å². The fourth-order valence-corrected chi connectivity index (χ4v) is 3.26. The zero-order valence-corrected chi connectivity index (χ0v) is 13.8. The van der Waals surface area contributed by atoms with E-state index in [1.807, 2.05) is 24.4 Å². The van der Waals surface area contributed by atoms with Crippen LogP contribution in [0.4, 0.5) is 16.5 Å². The van der Waals surface area contributed by atoms with Gasteiger partial charge in [-0.3, -0.25) is 0 Å². The van der Waals surface area contributed by atoms with Crippen molar-refractivity contribution in [1.82, 2.24) is 4.98 Å². The Hall–Kier alpha value is -2.33. The smallest absolute Gasteiger partial charge is 0.187 e. The van der Waals surface area contributed by atoms with Crippen molar-refractivity contribution in [2.45, 2.75) is 6.92 Å². The Labute approximate surface area is 135 Å². The van der Waals surface area contributed by atoms with Crippen molar-refractivity contribution in [1.29, 1.82) is 0 Å². The third-order valence-corrected chi connectivity index (χ3v) is 4.55. The Morgan fingerprint density at radius 2 is 1.77 bits per heavy atom. The quantitative estimate of drug-likeness (QED) is 0.741. The van der Waals surface area contributed by atoms with Gasteiger partial charge in [0.2, 0.25) is 0 Å². The lowest BCUT2D eigenvalue weighted by molar-refractivity contribution is 1.11. The molecule has 1 heterocycles. The molecule has 2 aromatic carbocycles. The fraction of sp³-hybridized carbons (Fsp3) is 0.167. The minimum Gasteiger partial charge on any atom is -0.377 e. The van der Waals surface area contributed by atoms with Crippen LogP contribution in [0, 0.1) is 6.92 Å². The molecule has 1 N–H and O–H groups in total. The van der Waals surface area contributed by atoms with E-state index in [1.165, 1.54) is 21.7 Å². The Bertz CT molecular complexity index is 763. The fourth-order valence-electron chi connectivity index (χ4n) is 2.43. The first-order valence-electron chi connectivity index (χ1n) is 7.20. The monoisotopic (exact) mass is 309 g/mol.